The molecule has 6 heteroatoms. The number of aromatic nitrogens is 2. The first-order valence-corrected chi connectivity index (χ1v) is 8.52. The maximum absolute atomic E-state index is 13.1. The van der Waals surface area contributed by atoms with Gasteiger partial charge in [-0.25, -0.2) is 9.82 Å². The van der Waals surface area contributed by atoms with Gasteiger partial charge in [-0.1, -0.05) is 12.1 Å². The summed E-state index contributed by atoms with van der Waals surface area (Å²) >= 11 is 0. The van der Waals surface area contributed by atoms with Crippen LogP contribution in [0.4, 0.5) is 4.39 Å². The minimum atomic E-state index is -0.198. The lowest BCUT2D eigenvalue weighted by atomic mass is 9.94. The minimum Gasteiger partial charge on any atom is -0.312 e. The highest BCUT2D eigenvalue weighted by atomic mass is 19.1. The number of halogens is 1. The second kappa shape index (κ2) is 7.42. The maximum Gasteiger partial charge on any atom is 0.123 e. The summed E-state index contributed by atoms with van der Waals surface area (Å²) in [5.74, 6) is 0.209. The van der Waals surface area contributed by atoms with Crippen molar-refractivity contribution in [3.05, 3.63) is 53.6 Å². The van der Waals surface area contributed by atoms with Crippen LogP contribution >= 0.6 is 0 Å². The SMILES string of the molecule is Cc1cnn(C(C)C(C)NCC2CNNC2c2ccc(F)cc2)c1. The molecule has 0 saturated carbocycles. The lowest BCUT2D eigenvalue weighted by Gasteiger charge is -2.25. The zero-order valence-electron chi connectivity index (χ0n) is 14.5. The quantitative estimate of drug-likeness (QED) is 0.760. The molecular formula is C18H26FN5. The van der Waals surface area contributed by atoms with Gasteiger partial charge in [0.15, 0.2) is 0 Å². The summed E-state index contributed by atoms with van der Waals surface area (Å²) in [6, 6.07) is 7.52. The first-order valence-electron chi connectivity index (χ1n) is 8.52. The number of hydrogen-bond donors (Lipinski definition) is 3. The Morgan fingerprint density at radius 2 is 2.08 bits per heavy atom. The molecule has 1 aromatic carbocycles. The number of rotatable bonds is 6. The summed E-state index contributed by atoms with van der Waals surface area (Å²) in [5.41, 5.74) is 8.81. The van der Waals surface area contributed by atoms with Crippen molar-refractivity contribution in [2.24, 2.45) is 5.92 Å². The van der Waals surface area contributed by atoms with Crippen LogP contribution < -0.4 is 16.2 Å². The van der Waals surface area contributed by atoms with Gasteiger partial charge >= 0.3 is 0 Å². The number of hydrazine groups is 1. The van der Waals surface area contributed by atoms with E-state index >= 15 is 0 Å². The van der Waals surface area contributed by atoms with Crippen LogP contribution in [0.2, 0.25) is 0 Å². The molecule has 3 N–H and O–H groups in total. The van der Waals surface area contributed by atoms with Crippen molar-refractivity contribution in [2.45, 2.75) is 38.9 Å². The molecule has 1 aliphatic heterocycles. The molecule has 4 atom stereocenters. The van der Waals surface area contributed by atoms with Crippen LogP contribution in [0, 0.1) is 18.7 Å². The van der Waals surface area contributed by atoms with Gasteiger partial charge in [-0.05, 0) is 44.0 Å². The van der Waals surface area contributed by atoms with Gasteiger partial charge in [0.05, 0.1) is 18.3 Å². The molecule has 1 aromatic heterocycles. The number of aryl methyl sites for hydroxylation is 1. The maximum atomic E-state index is 13.1. The standard InChI is InChI=1S/C18H26FN5/c1-12-8-22-24(11-12)14(3)13(2)20-9-16-10-21-23-18(16)15-4-6-17(19)7-5-15/h4-8,11,13-14,16,18,20-21,23H,9-10H2,1-3H3. The second-order valence-corrected chi connectivity index (χ2v) is 6.75. The summed E-state index contributed by atoms with van der Waals surface area (Å²) in [6.45, 7) is 8.18. The van der Waals surface area contributed by atoms with Crippen molar-refractivity contribution < 1.29 is 4.39 Å². The van der Waals surface area contributed by atoms with Gasteiger partial charge in [0.25, 0.3) is 0 Å². The highest BCUT2D eigenvalue weighted by Crippen LogP contribution is 2.25. The summed E-state index contributed by atoms with van der Waals surface area (Å²) < 4.78 is 15.1. The molecule has 0 radical (unpaired) electrons. The first-order chi connectivity index (χ1) is 11.5. The minimum absolute atomic E-state index is 0.188. The van der Waals surface area contributed by atoms with Gasteiger partial charge in [-0.3, -0.25) is 10.1 Å². The largest absolute Gasteiger partial charge is 0.312 e. The molecule has 0 spiro atoms. The average molecular weight is 331 g/mol. The van der Waals surface area contributed by atoms with Crippen LogP contribution in [-0.4, -0.2) is 28.9 Å². The van der Waals surface area contributed by atoms with E-state index in [2.05, 4.69) is 48.2 Å². The van der Waals surface area contributed by atoms with Crippen molar-refractivity contribution in [3.63, 3.8) is 0 Å². The lowest BCUT2D eigenvalue weighted by molar-refractivity contribution is 0.336. The van der Waals surface area contributed by atoms with E-state index < -0.39 is 0 Å². The van der Waals surface area contributed by atoms with Crippen LogP contribution in [0.25, 0.3) is 0 Å². The van der Waals surface area contributed by atoms with Crippen molar-refractivity contribution >= 4 is 0 Å². The highest BCUT2D eigenvalue weighted by molar-refractivity contribution is 5.21. The molecule has 5 nitrogen and oxygen atoms in total. The number of benzene rings is 1. The van der Waals surface area contributed by atoms with Gasteiger partial charge in [0.2, 0.25) is 0 Å². The Kier molecular flexibility index (Phi) is 5.28. The monoisotopic (exact) mass is 331 g/mol. The molecule has 2 aromatic rings. The molecule has 1 aliphatic rings. The normalized spacial score (nSPS) is 23.3. The van der Waals surface area contributed by atoms with Crippen LogP contribution in [0.15, 0.2) is 36.7 Å². The van der Waals surface area contributed by atoms with Gasteiger partial charge in [0, 0.05) is 31.2 Å². The van der Waals surface area contributed by atoms with Gasteiger partial charge in [-0.2, -0.15) is 5.10 Å². The summed E-state index contributed by atoms with van der Waals surface area (Å²) in [6.07, 6.45) is 3.96. The fraction of sp³-hybridized carbons (Fsp3) is 0.500. The van der Waals surface area contributed by atoms with Crippen LogP contribution in [0.3, 0.4) is 0 Å². The van der Waals surface area contributed by atoms with E-state index in [4.69, 9.17) is 0 Å². The third-order valence-electron chi connectivity index (χ3n) is 4.90. The molecule has 4 unspecified atom stereocenters. The molecule has 1 fully saturated rings. The topological polar surface area (TPSA) is 53.9 Å². The van der Waals surface area contributed by atoms with E-state index in [1.165, 1.54) is 17.7 Å². The molecule has 2 heterocycles. The molecule has 130 valence electrons. The zero-order chi connectivity index (χ0) is 17.1. The van der Waals surface area contributed by atoms with Crippen LogP contribution in [0.1, 0.15) is 37.1 Å². The van der Waals surface area contributed by atoms with Crippen molar-refractivity contribution in [1.82, 2.24) is 25.9 Å². The van der Waals surface area contributed by atoms with Crippen molar-refractivity contribution in [2.75, 3.05) is 13.1 Å². The Labute approximate surface area is 142 Å². The number of hydrogen-bond acceptors (Lipinski definition) is 4. The Bertz CT molecular complexity index is 654. The van der Waals surface area contributed by atoms with E-state index in [9.17, 15) is 4.39 Å². The predicted octanol–water partition coefficient (Wildman–Crippen LogP) is 2.34. The summed E-state index contributed by atoms with van der Waals surface area (Å²) in [5, 5.41) is 8.03. The number of nitrogens with zero attached hydrogens (tertiary/aromatic N) is 2. The average Bonchev–Trinajstić information content (AvgIpc) is 3.21. The molecule has 0 aliphatic carbocycles. The van der Waals surface area contributed by atoms with E-state index in [-0.39, 0.29) is 17.9 Å². The smallest absolute Gasteiger partial charge is 0.123 e. The van der Waals surface area contributed by atoms with E-state index in [0.29, 0.717) is 12.0 Å². The summed E-state index contributed by atoms with van der Waals surface area (Å²) in [7, 11) is 0. The zero-order valence-corrected chi connectivity index (χ0v) is 14.5. The van der Waals surface area contributed by atoms with E-state index in [1.54, 1.807) is 0 Å². The van der Waals surface area contributed by atoms with E-state index in [1.807, 2.05) is 23.0 Å². The van der Waals surface area contributed by atoms with Crippen molar-refractivity contribution in [1.29, 1.82) is 0 Å². The van der Waals surface area contributed by atoms with E-state index in [0.717, 1.165) is 18.7 Å². The Balaban J connectivity index is 1.57. The Morgan fingerprint density at radius 1 is 1.33 bits per heavy atom. The van der Waals surface area contributed by atoms with Gasteiger partial charge < -0.3 is 5.32 Å². The molecule has 3 rings (SSSR count). The lowest BCUT2D eigenvalue weighted by Crippen LogP contribution is -2.38. The summed E-state index contributed by atoms with van der Waals surface area (Å²) in [4.78, 5) is 0. The van der Waals surface area contributed by atoms with Crippen molar-refractivity contribution in [3.8, 4) is 0 Å². The molecule has 1 saturated heterocycles. The first kappa shape index (κ1) is 17.1. The fourth-order valence-corrected chi connectivity index (χ4v) is 3.14. The molecular weight excluding hydrogens is 305 g/mol. The Morgan fingerprint density at radius 3 is 2.75 bits per heavy atom. The van der Waals surface area contributed by atoms with Gasteiger partial charge in [0.1, 0.15) is 5.82 Å². The highest BCUT2D eigenvalue weighted by Gasteiger charge is 2.28. The van der Waals surface area contributed by atoms with Gasteiger partial charge in [-0.15, -0.1) is 0 Å². The molecule has 0 amide bonds. The number of nitrogens with one attached hydrogen (secondary N) is 3. The Hall–Kier alpha value is -1.76. The predicted molar refractivity (Wildman–Crippen MR) is 92.9 cm³/mol. The second-order valence-electron chi connectivity index (χ2n) is 6.75. The third-order valence-corrected chi connectivity index (χ3v) is 4.90. The molecule has 0 bridgehead atoms. The van der Waals surface area contributed by atoms with Crippen LogP contribution in [-0.2, 0) is 0 Å². The molecule has 24 heavy (non-hydrogen) atoms. The van der Waals surface area contributed by atoms with Crippen LogP contribution in [0.5, 0.6) is 0 Å². The third kappa shape index (κ3) is 3.83. The fourth-order valence-electron chi connectivity index (χ4n) is 3.14.